The van der Waals surface area contributed by atoms with Gasteiger partial charge in [-0.25, -0.2) is 13.1 Å². The summed E-state index contributed by atoms with van der Waals surface area (Å²) in [6, 6.07) is 24.1. The lowest BCUT2D eigenvalue weighted by Gasteiger charge is -2.22. The van der Waals surface area contributed by atoms with E-state index in [0.29, 0.717) is 12.8 Å². The summed E-state index contributed by atoms with van der Waals surface area (Å²) in [5, 5.41) is 0. The number of aryl methyl sites for hydroxylation is 1. The number of anilines is 1. The minimum atomic E-state index is -3.63. The molecule has 0 saturated heterocycles. The highest BCUT2D eigenvalue weighted by molar-refractivity contribution is 7.89. The molecule has 1 heterocycles. The molecule has 1 N–H and O–H groups in total. The summed E-state index contributed by atoms with van der Waals surface area (Å²) in [6.45, 7) is 3.89. The molecule has 0 unspecified atom stereocenters. The standard InChI is InChI=1S/C26H28N2O3S/c1-19-18-23-10-6-7-11-25(23)28(19)26(29)17-14-21-12-15-24(16-13-21)32(30,31)27-20(2)22-8-4-3-5-9-22/h3-13,15-16,19-20,27H,14,17-18H2,1-2H3/t19-,20-/m0/s1. The maximum atomic E-state index is 12.9. The van der Waals surface area contributed by atoms with Gasteiger partial charge in [0.05, 0.1) is 4.90 Å². The molecule has 1 aliphatic rings. The van der Waals surface area contributed by atoms with Crippen LogP contribution in [0, 0.1) is 0 Å². The second-order valence-electron chi connectivity index (χ2n) is 8.34. The summed E-state index contributed by atoms with van der Waals surface area (Å²) >= 11 is 0. The number of benzene rings is 3. The minimum absolute atomic E-state index is 0.0949. The van der Waals surface area contributed by atoms with E-state index in [2.05, 4.69) is 17.7 Å². The Hall–Kier alpha value is -2.96. The Morgan fingerprint density at radius 2 is 1.66 bits per heavy atom. The molecule has 32 heavy (non-hydrogen) atoms. The lowest BCUT2D eigenvalue weighted by atomic mass is 10.1. The molecule has 0 aliphatic carbocycles. The molecule has 1 amide bonds. The first kappa shape index (κ1) is 22.2. The molecule has 0 aromatic heterocycles. The Labute approximate surface area is 190 Å². The number of rotatable bonds is 7. The van der Waals surface area contributed by atoms with Gasteiger partial charge in [-0.1, -0.05) is 60.7 Å². The molecule has 166 valence electrons. The minimum Gasteiger partial charge on any atom is -0.309 e. The number of sulfonamides is 1. The number of fused-ring (bicyclic) bond motifs is 1. The zero-order chi connectivity index (χ0) is 22.7. The average Bonchev–Trinajstić information content (AvgIpc) is 3.14. The highest BCUT2D eigenvalue weighted by atomic mass is 32.2. The normalized spacial score (nSPS) is 16.6. The van der Waals surface area contributed by atoms with Crippen molar-refractivity contribution in [2.75, 3.05) is 4.90 Å². The van der Waals surface area contributed by atoms with Gasteiger partial charge in [-0.15, -0.1) is 0 Å². The van der Waals surface area contributed by atoms with E-state index >= 15 is 0 Å². The van der Waals surface area contributed by atoms with Crippen molar-refractivity contribution in [1.82, 2.24) is 4.72 Å². The molecule has 0 bridgehead atoms. The van der Waals surface area contributed by atoms with Gasteiger partial charge in [-0.3, -0.25) is 4.79 Å². The molecular formula is C26H28N2O3S. The van der Waals surface area contributed by atoms with E-state index in [0.717, 1.165) is 23.2 Å². The molecule has 2 atom stereocenters. The third kappa shape index (κ3) is 4.76. The van der Waals surface area contributed by atoms with Gasteiger partial charge in [0.1, 0.15) is 0 Å². The Morgan fingerprint density at radius 3 is 2.38 bits per heavy atom. The van der Waals surface area contributed by atoms with Crippen LogP contribution >= 0.6 is 0 Å². The van der Waals surface area contributed by atoms with Crippen LogP contribution in [0.3, 0.4) is 0 Å². The summed E-state index contributed by atoms with van der Waals surface area (Å²) in [5.74, 6) is 0.0949. The number of hydrogen-bond acceptors (Lipinski definition) is 3. The number of nitrogens with one attached hydrogen (secondary N) is 1. The van der Waals surface area contributed by atoms with E-state index in [4.69, 9.17) is 0 Å². The van der Waals surface area contributed by atoms with Crippen LogP contribution in [0.15, 0.2) is 83.8 Å². The van der Waals surface area contributed by atoms with E-state index in [-0.39, 0.29) is 22.9 Å². The van der Waals surface area contributed by atoms with E-state index < -0.39 is 10.0 Å². The molecule has 5 nitrogen and oxygen atoms in total. The Morgan fingerprint density at radius 1 is 1.00 bits per heavy atom. The van der Waals surface area contributed by atoms with Gasteiger partial charge in [0.25, 0.3) is 0 Å². The van der Waals surface area contributed by atoms with E-state index in [1.165, 1.54) is 5.56 Å². The van der Waals surface area contributed by atoms with Gasteiger partial charge < -0.3 is 4.90 Å². The number of carbonyl (C=O) groups excluding carboxylic acids is 1. The lowest BCUT2D eigenvalue weighted by Crippen LogP contribution is -2.35. The van der Waals surface area contributed by atoms with Crippen molar-refractivity contribution in [2.24, 2.45) is 0 Å². The van der Waals surface area contributed by atoms with Gasteiger partial charge in [0.2, 0.25) is 15.9 Å². The molecular weight excluding hydrogens is 420 g/mol. The first-order valence-corrected chi connectivity index (χ1v) is 12.4. The van der Waals surface area contributed by atoms with E-state index in [1.54, 1.807) is 24.3 Å². The number of amides is 1. The molecule has 0 radical (unpaired) electrons. The molecule has 0 saturated carbocycles. The van der Waals surface area contributed by atoms with Crippen molar-refractivity contribution in [2.45, 2.75) is 50.1 Å². The van der Waals surface area contributed by atoms with Crippen LogP contribution in [-0.2, 0) is 27.7 Å². The third-order valence-corrected chi connectivity index (χ3v) is 7.53. The SMILES string of the molecule is C[C@H](NS(=O)(=O)c1ccc(CCC(=O)N2c3ccccc3C[C@@H]2C)cc1)c1ccccc1. The van der Waals surface area contributed by atoms with Crippen molar-refractivity contribution >= 4 is 21.6 Å². The van der Waals surface area contributed by atoms with E-state index in [1.807, 2.05) is 60.4 Å². The van der Waals surface area contributed by atoms with Crippen LogP contribution in [-0.4, -0.2) is 20.4 Å². The second-order valence-corrected chi connectivity index (χ2v) is 10.1. The highest BCUT2D eigenvalue weighted by Crippen LogP contribution is 2.32. The molecule has 6 heteroatoms. The largest absolute Gasteiger partial charge is 0.309 e. The Balaban J connectivity index is 1.38. The van der Waals surface area contributed by atoms with Gasteiger partial charge in [-0.05, 0) is 61.6 Å². The number of para-hydroxylation sites is 1. The van der Waals surface area contributed by atoms with Crippen molar-refractivity contribution in [1.29, 1.82) is 0 Å². The monoisotopic (exact) mass is 448 g/mol. The van der Waals surface area contributed by atoms with Crippen molar-refractivity contribution < 1.29 is 13.2 Å². The average molecular weight is 449 g/mol. The summed E-state index contributed by atoms with van der Waals surface area (Å²) in [7, 11) is -3.63. The van der Waals surface area contributed by atoms with Crippen LogP contribution in [0.5, 0.6) is 0 Å². The highest BCUT2D eigenvalue weighted by Gasteiger charge is 2.30. The summed E-state index contributed by atoms with van der Waals surface area (Å²) in [5.41, 5.74) is 4.06. The molecule has 3 aromatic carbocycles. The fourth-order valence-corrected chi connectivity index (χ4v) is 5.50. The predicted molar refractivity (Wildman–Crippen MR) is 127 cm³/mol. The van der Waals surface area contributed by atoms with Gasteiger partial charge in [-0.2, -0.15) is 0 Å². The summed E-state index contributed by atoms with van der Waals surface area (Å²) < 4.78 is 28.2. The number of hydrogen-bond donors (Lipinski definition) is 1. The van der Waals surface area contributed by atoms with E-state index in [9.17, 15) is 13.2 Å². The number of carbonyl (C=O) groups is 1. The lowest BCUT2D eigenvalue weighted by molar-refractivity contribution is -0.118. The molecule has 0 spiro atoms. The fourth-order valence-electron chi connectivity index (χ4n) is 4.26. The second kappa shape index (κ2) is 9.27. The van der Waals surface area contributed by atoms with Gasteiger partial charge in [0.15, 0.2) is 0 Å². The third-order valence-electron chi connectivity index (χ3n) is 5.97. The smallest absolute Gasteiger partial charge is 0.241 e. The predicted octanol–water partition coefficient (Wildman–Crippen LogP) is 4.64. The van der Waals surface area contributed by atoms with Crippen molar-refractivity contribution in [3.05, 3.63) is 95.6 Å². The van der Waals surface area contributed by atoms with Crippen LogP contribution in [0.1, 0.15) is 43.0 Å². The zero-order valence-electron chi connectivity index (χ0n) is 18.4. The molecule has 4 rings (SSSR count). The Bertz CT molecular complexity index is 1190. The van der Waals surface area contributed by atoms with Crippen LogP contribution in [0.25, 0.3) is 0 Å². The van der Waals surface area contributed by atoms with Crippen LogP contribution < -0.4 is 9.62 Å². The van der Waals surface area contributed by atoms with Crippen LogP contribution in [0.4, 0.5) is 5.69 Å². The number of nitrogens with zero attached hydrogens (tertiary/aromatic N) is 1. The first-order valence-electron chi connectivity index (χ1n) is 10.9. The summed E-state index contributed by atoms with van der Waals surface area (Å²) in [6.07, 6.45) is 1.83. The molecule has 1 aliphatic heterocycles. The zero-order valence-corrected chi connectivity index (χ0v) is 19.2. The topological polar surface area (TPSA) is 66.5 Å². The van der Waals surface area contributed by atoms with Gasteiger partial charge in [0, 0.05) is 24.2 Å². The maximum absolute atomic E-state index is 12.9. The summed E-state index contributed by atoms with van der Waals surface area (Å²) in [4.78, 5) is 15.0. The molecule has 3 aromatic rings. The maximum Gasteiger partial charge on any atom is 0.241 e. The fraction of sp³-hybridized carbons (Fsp3) is 0.269. The van der Waals surface area contributed by atoms with Crippen molar-refractivity contribution in [3.63, 3.8) is 0 Å². The van der Waals surface area contributed by atoms with Crippen molar-refractivity contribution in [3.8, 4) is 0 Å². The van der Waals surface area contributed by atoms with Crippen LogP contribution in [0.2, 0.25) is 0 Å². The molecule has 0 fully saturated rings. The Kier molecular flexibility index (Phi) is 6.44. The van der Waals surface area contributed by atoms with Gasteiger partial charge >= 0.3 is 0 Å². The quantitative estimate of drug-likeness (QED) is 0.573. The first-order chi connectivity index (χ1) is 15.3.